The van der Waals surface area contributed by atoms with Gasteiger partial charge in [-0.25, -0.2) is 9.50 Å². The van der Waals surface area contributed by atoms with Gasteiger partial charge in [-0.1, -0.05) is 25.2 Å². The van der Waals surface area contributed by atoms with E-state index in [9.17, 15) is 0 Å². The van der Waals surface area contributed by atoms with Crippen LogP contribution in [0.15, 0.2) is 0 Å². The summed E-state index contributed by atoms with van der Waals surface area (Å²) in [7, 11) is 0. The number of aliphatic hydroxyl groups is 1. The van der Waals surface area contributed by atoms with Crippen molar-refractivity contribution in [1.29, 1.82) is 0 Å². The monoisotopic (exact) mass is 211 g/mol. The van der Waals surface area contributed by atoms with Crippen molar-refractivity contribution in [2.45, 2.75) is 33.3 Å². The van der Waals surface area contributed by atoms with Gasteiger partial charge in [0.05, 0.1) is 18.0 Å². The Morgan fingerprint density at radius 3 is 2.79 bits per heavy atom. The van der Waals surface area contributed by atoms with Crippen molar-refractivity contribution in [3.63, 3.8) is 0 Å². The predicted octanol–water partition coefficient (Wildman–Crippen LogP) is 1.71. The summed E-state index contributed by atoms with van der Waals surface area (Å²) in [6.07, 6.45) is 0. The molecule has 0 aliphatic heterocycles. The van der Waals surface area contributed by atoms with Gasteiger partial charge in [0, 0.05) is 5.92 Å². The number of rotatable bonds is 2. The fourth-order valence-electron chi connectivity index (χ4n) is 1.32. The van der Waals surface area contributed by atoms with Gasteiger partial charge in [0.15, 0.2) is 0 Å². The van der Waals surface area contributed by atoms with Crippen LogP contribution in [0.1, 0.15) is 36.2 Å². The topological polar surface area (TPSA) is 50.4 Å². The molecule has 0 spiro atoms. The Labute approximate surface area is 86.2 Å². The molecule has 14 heavy (non-hydrogen) atoms. The molecule has 76 valence electrons. The quantitative estimate of drug-likeness (QED) is 0.822. The number of hydrogen-bond donors (Lipinski definition) is 1. The molecule has 0 unspecified atom stereocenters. The van der Waals surface area contributed by atoms with E-state index >= 15 is 0 Å². The van der Waals surface area contributed by atoms with Crippen molar-refractivity contribution >= 4 is 16.3 Å². The third-order valence-corrected chi connectivity index (χ3v) is 3.36. The number of aromatic nitrogens is 3. The second kappa shape index (κ2) is 3.33. The standard InChI is InChI=1S/C9H13N3OS/c1-5(2)8-11-12-7(4-13)6(3)10-9(12)14-8/h5,13H,4H2,1-3H3. The Morgan fingerprint density at radius 2 is 2.21 bits per heavy atom. The minimum Gasteiger partial charge on any atom is -0.390 e. The van der Waals surface area contributed by atoms with Gasteiger partial charge in [0.1, 0.15) is 5.01 Å². The molecule has 0 aliphatic rings. The summed E-state index contributed by atoms with van der Waals surface area (Å²) in [5, 5.41) is 14.6. The molecule has 1 N–H and O–H groups in total. The smallest absolute Gasteiger partial charge is 0.212 e. The molecular formula is C9H13N3OS. The Balaban J connectivity index is 2.62. The lowest BCUT2D eigenvalue weighted by molar-refractivity contribution is 0.273. The molecule has 4 nitrogen and oxygen atoms in total. The largest absolute Gasteiger partial charge is 0.390 e. The number of nitrogens with zero attached hydrogens (tertiary/aromatic N) is 3. The Kier molecular flexibility index (Phi) is 2.28. The van der Waals surface area contributed by atoms with E-state index in [1.54, 1.807) is 15.9 Å². The van der Waals surface area contributed by atoms with Crippen LogP contribution in [0.3, 0.4) is 0 Å². The summed E-state index contributed by atoms with van der Waals surface area (Å²) >= 11 is 1.59. The maximum absolute atomic E-state index is 9.16. The summed E-state index contributed by atoms with van der Waals surface area (Å²) < 4.78 is 1.75. The lowest BCUT2D eigenvalue weighted by Gasteiger charge is -1.96. The van der Waals surface area contributed by atoms with E-state index < -0.39 is 0 Å². The van der Waals surface area contributed by atoms with Crippen LogP contribution in [-0.4, -0.2) is 19.7 Å². The summed E-state index contributed by atoms with van der Waals surface area (Å²) in [6, 6.07) is 0. The summed E-state index contributed by atoms with van der Waals surface area (Å²) in [5.41, 5.74) is 1.66. The summed E-state index contributed by atoms with van der Waals surface area (Å²) in [4.78, 5) is 5.22. The molecule has 0 saturated heterocycles. The molecule has 5 heteroatoms. The lowest BCUT2D eigenvalue weighted by Crippen LogP contribution is -1.96. The molecule has 2 rings (SSSR count). The van der Waals surface area contributed by atoms with Crippen molar-refractivity contribution in [2.75, 3.05) is 0 Å². The number of aryl methyl sites for hydroxylation is 1. The lowest BCUT2D eigenvalue weighted by atomic mass is 10.2. The number of fused-ring (bicyclic) bond motifs is 1. The van der Waals surface area contributed by atoms with Gasteiger partial charge in [-0.05, 0) is 6.92 Å². The summed E-state index contributed by atoms with van der Waals surface area (Å²) in [6.45, 7) is 6.09. The highest BCUT2D eigenvalue weighted by Gasteiger charge is 2.14. The van der Waals surface area contributed by atoms with Crippen LogP contribution in [0.4, 0.5) is 0 Å². The fraction of sp³-hybridized carbons (Fsp3) is 0.556. The molecular weight excluding hydrogens is 198 g/mol. The normalized spacial score (nSPS) is 11.8. The molecule has 0 bridgehead atoms. The molecule has 0 fully saturated rings. The zero-order valence-corrected chi connectivity index (χ0v) is 9.30. The van der Waals surface area contributed by atoms with Gasteiger partial charge in [-0.3, -0.25) is 0 Å². The summed E-state index contributed by atoms with van der Waals surface area (Å²) in [5.74, 6) is 0.411. The van der Waals surface area contributed by atoms with Crippen LogP contribution in [0.5, 0.6) is 0 Å². The maximum atomic E-state index is 9.16. The van der Waals surface area contributed by atoms with Crippen LogP contribution < -0.4 is 0 Å². The molecule has 2 heterocycles. The average Bonchev–Trinajstić information content (AvgIpc) is 2.60. The Bertz CT molecular complexity index is 458. The van der Waals surface area contributed by atoms with E-state index in [0.29, 0.717) is 5.92 Å². The van der Waals surface area contributed by atoms with E-state index in [4.69, 9.17) is 5.11 Å². The highest BCUT2D eigenvalue weighted by Crippen LogP contribution is 2.23. The second-order valence-electron chi connectivity index (χ2n) is 3.59. The molecule has 2 aromatic rings. The van der Waals surface area contributed by atoms with E-state index in [0.717, 1.165) is 21.4 Å². The third kappa shape index (κ3) is 1.33. The van der Waals surface area contributed by atoms with Crippen LogP contribution in [0.25, 0.3) is 4.96 Å². The third-order valence-electron chi connectivity index (χ3n) is 2.16. The Morgan fingerprint density at radius 1 is 1.50 bits per heavy atom. The number of imidazole rings is 1. The predicted molar refractivity (Wildman–Crippen MR) is 55.6 cm³/mol. The van der Waals surface area contributed by atoms with Gasteiger partial charge >= 0.3 is 0 Å². The van der Waals surface area contributed by atoms with Crippen LogP contribution in [-0.2, 0) is 6.61 Å². The zero-order valence-electron chi connectivity index (χ0n) is 8.48. The molecule has 0 atom stereocenters. The minimum atomic E-state index is -0.00569. The number of hydrogen-bond acceptors (Lipinski definition) is 4. The molecule has 0 aromatic carbocycles. The van der Waals surface area contributed by atoms with Crippen LogP contribution in [0, 0.1) is 6.92 Å². The minimum absolute atomic E-state index is 0.00569. The average molecular weight is 211 g/mol. The van der Waals surface area contributed by atoms with Crippen molar-refractivity contribution < 1.29 is 5.11 Å². The van der Waals surface area contributed by atoms with Gasteiger partial charge in [0.2, 0.25) is 4.96 Å². The SMILES string of the molecule is Cc1nc2sc(C(C)C)nn2c1CO. The van der Waals surface area contributed by atoms with Crippen LogP contribution in [0.2, 0.25) is 0 Å². The first-order valence-corrected chi connectivity index (χ1v) is 5.41. The van der Waals surface area contributed by atoms with E-state index in [2.05, 4.69) is 23.9 Å². The van der Waals surface area contributed by atoms with Gasteiger partial charge < -0.3 is 5.11 Å². The highest BCUT2D eigenvalue weighted by atomic mass is 32.1. The second-order valence-corrected chi connectivity index (χ2v) is 4.58. The Hall–Kier alpha value is -0.940. The van der Waals surface area contributed by atoms with E-state index in [1.165, 1.54) is 0 Å². The van der Waals surface area contributed by atoms with Crippen LogP contribution >= 0.6 is 11.3 Å². The fourth-order valence-corrected chi connectivity index (χ4v) is 2.29. The molecule has 0 saturated carbocycles. The highest BCUT2D eigenvalue weighted by molar-refractivity contribution is 7.16. The first-order valence-electron chi connectivity index (χ1n) is 4.59. The van der Waals surface area contributed by atoms with E-state index in [-0.39, 0.29) is 6.61 Å². The molecule has 2 aromatic heterocycles. The maximum Gasteiger partial charge on any atom is 0.212 e. The van der Waals surface area contributed by atoms with Crippen molar-refractivity contribution in [3.8, 4) is 0 Å². The van der Waals surface area contributed by atoms with Crippen molar-refractivity contribution in [2.24, 2.45) is 0 Å². The molecule has 0 amide bonds. The van der Waals surface area contributed by atoms with Crippen molar-refractivity contribution in [1.82, 2.24) is 14.6 Å². The van der Waals surface area contributed by atoms with Gasteiger partial charge in [-0.15, -0.1) is 0 Å². The van der Waals surface area contributed by atoms with Gasteiger partial charge in [0.25, 0.3) is 0 Å². The zero-order chi connectivity index (χ0) is 10.3. The van der Waals surface area contributed by atoms with Gasteiger partial charge in [-0.2, -0.15) is 5.10 Å². The molecule has 0 radical (unpaired) electrons. The van der Waals surface area contributed by atoms with E-state index in [1.807, 2.05) is 6.92 Å². The van der Waals surface area contributed by atoms with Crippen molar-refractivity contribution in [3.05, 3.63) is 16.4 Å². The molecule has 0 aliphatic carbocycles. The first-order chi connectivity index (χ1) is 6.63. The first kappa shape index (κ1) is 9.61. The number of aliphatic hydroxyl groups excluding tert-OH is 1.